The minimum absolute atomic E-state index is 0.170. The van der Waals surface area contributed by atoms with Gasteiger partial charge >= 0.3 is 0 Å². The molecule has 1 amide bonds. The monoisotopic (exact) mass is 272 g/mol. The third-order valence-corrected chi connectivity index (χ3v) is 3.65. The zero-order valence-corrected chi connectivity index (χ0v) is 11.2. The smallest absolute Gasteiger partial charge is 0.280 e. The quantitative estimate of drug-likeness (QED) is 0.701. The molecule has 0 spiro atoms. The standard InChI is InChI=1S/C18H12N2O/c21-18-16(13-7-3-1-4-8-13)15-11-12-20(17(15)19-18)14-9-5-2-6-10-14/h1-12H. The van der Waals surface area contributed by atoms with Crippen LogP contribution < -0.4 is 10.7 Å². The largest absolute Gasteiger partial charge is 0.301 e. The van der Waals surface area contributed by atoms with E-state index in [1.54, 1.807) is 0 Å². The van der Waals surface area contributed by atoms with Gasteiger partial charge in [-0.3, -0.25) is 4.79 Å². The number of rotatable bonds is 2. The lowest BCUT2D eigenvalue weighted by Gasteiger charge is -2.00. The fourth-order valence-corrected chi connectivity index (χ4v) is 2.68. The molecule has 1 aromatic heterocycles. The van der Waals surface area contributed by atoms with Crippen LogP contribution in [0, 0.1) is 0 Å². The third kappa shape index (κ3) is 1.82. The van der Waals surface area contributed by atoms with Crippen molar-refractivity contribution in [1.29, 1.82) is 0 Å². The summed E-state index contributed by atoms with van der Waals surface area (Å²) < 4.78 is 1.95. The third-order valence-electron chi connectivity index (χ3n) is 3.65. The molecule has 1 aliphatic heterocycles. The molecule has 2 aromatic carbocycles. The van der Waals surface area contributed by atoms with Gasteiger partial charge in [0.05, 0.1) is 5.57 Å². The molecule has 0 N–H and O–H groups in total. The second-order valence-electron chi connectivity index (χ2n) is 4.92. The Morgan fingerprint density at radius 2 is 1.48 bits per heavy atom. The molecule has 2 heterocycles. The zero-order chi connectivity index (χ0) is 14.2. The molecular formula is C18H12N2O. The van der Waals surface area contributed by atoms with Crippen LogP contribution >= 0.6 is 0 Å². The first kappa shape index (κ1) is 11.9. The highest BCUT2D eigenvalue weighted by atomic mass is 16.1. The van der Waals surface area contributed by atoms with Crippen molar-refractivity contribution in [2.75, 3.05) is 0 Å². The summed E-state index contributed by atoms with van der Waals surface area (Å²) in [5, 5.41) is 0.898. The molecule has 3 nitrogen and oxygen atoms in total. The highest BCUT2D eigenvalue weighted by molar-refractivity contribution is 6.20. The zero-order valence-electron chi connectivity index (χ0n) is 11.2. The van der Waals surface area contributed by atoms with Crippen LogP contribution in [0.4, 0.5) is 0 Å². The van der Waals surface area contributed by atoms with E-state index in [1.807, 2.05) is 77.5 Å². The van der Waals surface area contributed by atoms with E-state index in [4.69, 9.17) is 0 Å². The fraction of sp³-hybridized carbons (Fsp3) is 0. The van der Waals surface area contributed by atoms with Gasteiger partial charge in [0.25, 0.3) is 5.91 Å². The number of carbonyl (C=O) groups excluding carboxylic acids is 1. The van der Waals surface area contributed by atoms with Crippen molar-refractivity contribution in [3.05, 3.63) is 89.2 Å². The van der Waals surface area contributed by atoms with E-state index < -0.39 is 0 Å². The van der Waals surface area contributed by atoms with Crippen LogP contribution in [0.25, 0.3) is 11.3 Å². The van der Waals surface area contributed by atoms with Crippen molar-refractivity contribution in [3.8, 4) is 5.69 Å². The molecule has 0 atom stereocenters. The van der Waals surface area contributed by atoms with Crippen LogP contribution in [-0.4, -0.2) is 10.5 Å². The first-order valence-electron chi connectivity index (χ1n) is 6.80. The molecule has 0 unspecified atom stereocenters. The lowest BCUT2D eigenvalue weighted by atomic mass is 10.1. The van der Waals surface area contributed by atoms with Crippen molar-refractivity contribution in [1.82, 2.24) is 4.57 Å². The molecule has 0 aliphatic carbocycles. The SMILES string of the molecule is O=C1N=c2c(ccn2-c2ccccc2)=C1c1ccccc1. The van der Waals surface area contributed by atoms with Crippen LogP contribution in [0.15, 0.2) is 77.9 Å². The van der Waals surface area contributed by atoms with Gasteiger partial charge < -0.3 is 4.57 Å². The molecule has 21 heavy (non-hydrogen) atoms. The first-order valence-corrected chi connectivity index (χ1v) is 6.80. The highest BCUT2D eigenvalue weighted by Gasteiger charge is 2.20. The van der Waals surface area contributed by atoms with Gasteiger partial charge in [0.2, 0.25) is 0 Å². The van der Waals surface area contributed by atoms with Crippen LogP contribution in [0.3, 0.4) is 0 Å². The predicted octanol–water partition coefficient (Wildman–Crippen LogP) is 1.84. The summed E-state index contributed by atoms with van der Waals surface area (Å²) >= 11 is 0. The number of carbonyl (C=O) groups is 1. The number of hydrogen-bond donors (Lipinski definition) is 0. The first-order chi connectivity index (χ1) is 10.3. The van der Waals surface area contributed by atoms with E-state index in [0.29, 0.717) is 11.1 Å². The summed E-state index contributed by atoms with van der Waals surface area (Å²) in [6.45, 7) is 0. The second-order valence-corrected chi connectivity index (χ2v) is 4.92. The summed E-state index contributed by atoms with van der Waals surface area (Å²) in [5.74, 6) is -0.170. The van der Waals surface area contributed by atoms with Gasteiger partial charge in [-0.15, -0.1) is 0 Å². The van der Waals surface area contributed by atoms with Gasteiger partial charge in [-0.1, -0.05) is 48.5 Å². The highest BCUT2D eigenvalue weighted by Crippen LogP contribution is 2.14. The van der Waals surface area contributed by atoms with Crippen molar-refractivity contribution >= 4 is 11.5 Å². The maximum absolute atomic E-state index is 12.3. The summed E-state index contributed by atoms with van der Waals surface area (Å²) in [6.07, 6.45) is 1.96. The van der Waals surface area contributed by atoms with E-state index >= 15 is 0 Å². The Morgan fingerprint density at radius 1 is 0.810 bits per heavy atom. The second kappa shape index (κ2) is 4.56. The number of para-hydroxylation sites is 1. The average molecular weight is 272 g/mol. The van der Waals surface area contributed by atoms with Gasteiger partial charge in [-0.05, 0) is 23.8 Å². The number of benzene rings is 2. The van der Waals surface area contributed by atoms with Crippen LogP contribution in [0.5, 0.6) is 0 Å². The lowest BCUT2D eigenvalue weighted by molar-refractivity contribution is -0.112. The summed E-state index contributed by atoms with van der Waals surface area (Å²) in [5.41, 5.74) is 3.31. The van der Waals surface area contributed by atoms with Gasteiger partial charge in [-0.2, -0.15) is 4.99 Å². The lowest BCUT2D eigenvalue weighted by Crippen LogP contribution is -2.26. The van der Waals surface area contributed by atoms with Crippen molar-refractivity contribution in [2.45, 2.75) is 0 Å². The van der Waals surface area contributed by atoms with Gasteiger partial charge in [0, 0.05) is 17.1 Å². The van der Waals surface area contributed by atoms with Gasteiger partial charge in [0.1, 0.15) is 5.49 Å². The molecule has 100 valence electrons. The number of amides is 1. The average Bonchev–Trinajstić information content (AvgIpc) is 3.06. The Balaban J connectivity index is 2.00. The molecule has 4 rings (SSSR count). The molecular weight excluding hydrogens is 260 g/mol. The van der Waals surface area contributed by atoms with E-state index in [0.717, 1.165) is 16.5 Å². The summed E-state index contributed by atoms with van der Waals surface area (Å²) in [7, 11) is 0. The Kier molecular flexibility index (Phi) is 2.57. The van der Waals surface area contributed by atoms with E-state index in [9.17, 15) is 4.79 Å². The molecule has 0 fully saturated rings. The van der Waals surface area contributed by atoms with Crippen molar-refractivity contribution < 1.29 is 4.79 Å². The Hall–Kier alpha value is -2.94. The topological polar surface area (TPSA) is 34.4 Å². The number of aromatic nitrogens is 1. The number of nitrogens with zero attached hydrogens (tertiary/aromatic N) is 2. The Morgan fingerprint density at radius 3 is 2.19 bits per heavy atom. The molecule has 3 aromatic rings. The summed E-state index contributed by atoms with van der Waals surface area (Å²) in [4.78, 5) is 16.5. The molecule has 0 radical (unpaired) electrons. The van der Waals surface area contributed by atoms with Gasteiger partial charge in [0.15, 0.2) is 0 Å². The van der Waals surface area contributed by atoms with Crippen molar-refractivity contribution in [3.63, 3.8) is 0 Å². The predicted molar refractivity (Wildman–Crippen MR) is 80.5 cm³/mol. The molecule has 0 bridgehead atoms. The fourth-order valence-electron chi connectivity index (χ4n) is 2.68. The molecule has 0 saturated heterocycles. The maximum atomic E-state index is 12.3. The van der Waals surface area contributed by atoms with Crippen LogP contribution in [0.2, 0.25) is 0 Å². The maximum Gasteiger partial charge on any atom is 0.280 e. The van der Waals surface area contributed by atoms with Crippen LogP contribution in [-0.2, 0) is 4.79 Å². The molecule has 0 saturated carbocycles. The van der Waals surface area contributed by atoms with Crippen molar-refractivity contribution in [2.24, 2.45) is 4.99 Å². The number of hydrogen-bond acceptors (Lipinski definition) is 1. The normalized spacial score (nSPS) is 13.1. The Bertz CT molecular complexity index is 938. The van der Waals surface area contributed by atoms with E-state index in [-0.39, 0.29) is 5.91 Å². The number of fused-ring (bicyclic) bond motifs is 1. The molecule has 1 aliphatic rings. The minimum Gasteiger partial charge on any atom is -0.301 e. The van der Waals surface area contributed by atoms with Gasteiger partial charge in [-0.25, -0.2) is 0 Å². The van der Waals surface area contributed by atoms with Crippen LogP contribution in [0.1, 0.15) is 5.56 Å². The van der Waals surface area contributed by atoms with E-state index in [2.05, 4.69) is 4.99 Å². The molecule has 3 heteroatoms. The Labute approximate surface area is 121 Å². The summed E-state index contributed by atoms with van der Waals surface area (Å²) in [6, 6.07) is 21.6. The minimum atomic E-state index is -0.170. The van der Waals surface area contributed by atoms with E-state index in [1.165, 1.54) is 0 Å².